The predicted molar refractivity (Wildman–Crippen MR) is 64.9 cm³/mol. The van der Waals surface area contributed by atoms with E-state index in [1.54, 1.807) is 6.92 Å². The van der Waals surface area contributed by atoms with Crippen LogP contribution in [0.25, 0.3) is 0 Å². The lowest BCUT2D eigenvalue weighted by Gasteiger charge is -2.18. The van der Waals surface area contributed by atoms with Crippen molar-refractivity contribution in [3.05, 3.63) is 29.8 Å². The normalized spacial score (nSPS) is 22.6. The summed E-state index contributed by atoms with van der Waals surface area (Å²) in [4.78, 5) is -0.528. The lowest BCUT2D eigenvalue weighted by Crippen LogP contribution is -2.31. The summed E-state index contributed by atoms with van der Waals surface area (Å²) in [6.45, 7) is 1.98. The summed E-state index contributed by atoms with van der Waals surface area (Å²) >= 11 is 0. The van der Waals surface area contributed by atoms with Crippen molar-refractivity contribution >= 4 is 10.0 Å². The zero-order chi connectivity index (χ0) is 14.2. The summed E-state index contributed by atoms with van der Waals surface area (Å²) < 4.78 is 51.9. The number of benzene rings is 1. The van der Waals surface area contributed by atoms with Gasteiger partial charge in [-0.2, -0.15) is 4.31 Å². The first-order valence-corrected chi connectivity index (χ1v) is 7.39. The van der Waals surface area contributed by atoms with Gasteiger partial charge in [0.2, 0.25) is 10.0 Å². The van der Waals surface area contributed by atoms with E-state index in [1.807, 2.05) is 0 Å². The molecule has 0 saturated carbocycles. The van der Waals surface area contributed by atoms with Gasteiger partial charge in [-0.1, -0.05) is 0 Å². The third kappa shape index (κ3) is 2.77. The maximum Gasteiger partial charge on any atom is 0.245 e. The quantitative estimate of drug-likeness (QED) is 0.914. The molecule has 1 N–H and O–H groups in total. The molecule has 2 unspecified atom stereocenters. The molecule has 2 rings (SSSR count). The molecule has 4 nitrogen and oxygen atoms in total. The maximum atomic E-state index is 13.6. The van der Waals surface area contributed by atoms with Crippen LogP contribution in [0.4, 0.5) is 8.78 Å². The van der Waals surface area contributed by atoms with Crippen molar-refractivity contribution in [2.75, 3.05) is 13.1 Å². The van der Waals surface area contributed by atoms with Gasteiger partial charge in [-0.05, 0) is 31.4 Å². The van der Waals surface area contributed by atoms with Crippen LogP contribution in [0.15, 0.2) is 23.1 Å². The van der Waals surface area contributed by atoms with Gasteiger partial charge in [0.15, 0.2) is 0 Å². The van der Waals surface area contributed by atoms with Crippen LogP contribution in [-0.2, 0) is 10.0 Å². The van der Waals surface area contributed by atoms with Crippen molar-refractivity contribution in [1.82, 2.24) is 4.31 Å². The first kappa shape index (κ1) is 14.4. The van der Waals surface area contributed by atoms with Crippen LogP contribution < -0.4 is 0 Å². The summed E-state index contributed by atoms with van der Waals surface area (Å²) in [6.07, 6.45) is -0.0852. The second-order valence-corrected chi connectivity index (χ2v) is 6.63. The minimum atomic E-state index is -3.97. The van der Waals surface area contributed by atoms with Crippen molar-refractivity contribution in [1.29, 1.82) is 0 Å². The van der Waals surface area contributed by atoms with E-state index in [1.165, 1.54) is 0 Å². The zero-order valence-corrected chi connectivity index (χ0v) is 11.2. The first-order valence-electron chi connectivity index (χ1n) is 5.95. The second kappa shape index (κ2) is 5.15. The Balaban J connectivity index is 2.29. The maximum absolute atomic E-state index is 13.6. The van der Waals surface area contributed by atoms with Gasteiger partial charge >= 0.3 is 0 Å². The van der Waals surface area contributed by atoms with Crippen molar-refractivity contribution in [3.63, 3.8) is 0 Å². The van der Waals surface area contributed by atoms with Crippen LogP contribution in [0.1, 0.15) is 13.3 Å². The van der Waals surface area contributed by atoms with Gasteiger partial charge in [0.25, 0.3) is 0 Å². The summed E-state index contributed by atoms with van der Waals surface area (Å²) in [6, 6.07) is 2.39. The Labute approximate surface area is 110 Å². The van der Waals surface area contributed by atoms with Gasteiger partial charge in [0.05, 0.1) is 6.10 Å². The van der Waals surface area contributed by atoms with E-state index in [0.29, 0.717) is 12.5 Å². The number of aliphatic hydroxyl groups excluding tert-OH is 1. The molecule has 0 radical (unpaired) electrons. The molecule has 1 heterocycles. The van der Waals surface area contributed by atoms with E-state index in [-0.39, 0.29) is 19.0 Å². The van der Waals surface area contributed by atoms with E-state index in [9.17, 15) is 22.3 Å². The van der Waals surface area contributed by atoms with Crippen molar-refractivity contribution < 1.29 is 22.3 Å². The Morgan fingerprint density at radius 1 is 1.42 bits per heavy atom. The molecule has 19 heavy (non-hydrogen) atoms. The largest absolute Gasteiger partial charge is 0.393 e. The van der Waals surface area contributed by atoms with Crippen molar-refractivity contribution in [3.8, 4) is 0 Å². The SMILES string of the molecule is CC(O)C1CCN(S(=O)(=O)c2ccc(F)cc2F)C1. The highest BCUT2D eigenvalue weighted by molar-refractivity contribution is 7.89. The van der Waals surface area contributed by atoms with Crippen LogP contribution in [-0.4, -0.2) is 37.0 Å². The van der Waals surface area contributed by atoms with Crippen LogP contribution >= 0.6 is 0 Å². The molecular formula is C12H15F2NO3S. The topological polar surface area (TPSA) is 57.6 Å². The molecule has 0 amide bonds. The lowest BCUT2D eigenvalue weighted by molar-refractivity contribution is 0.133. The Morgan fingerprint density at radius 2 is 2.11 bits per heavy atom. The molecule has 106 valence electrons. The number of rotatable bonds is 3. The van der Waals surface area contributed by atoms with Gasteiger partial charge in [-0.15, -0.1) is 0 Å². The minimum absolute atomic E-state index is 0.150. The van der Waals surface area contributed by atoms with E-state index in [4.69, 9.17) is 0 Å². The summed E-state index contributed by atoms with van der Waals surface area (Å²) in [5.74, 6) is -2.07. The molecule has 1 aliphatic rings. The number of aliphatic hydroxyl groups is 1. The molecule has 0 aromatic heterocycles. The van der Waals surface area contributed by atoms with Crippen LogP contribution in [0.2, 0.25) is 0 Å². The fourth-order valence-corrected chi connectivity index (χ4v) is 3.75. The lowest BCUT2D eigenvalue weighted by atomic mass is 10.0. The molecule has 7 heteroatoms. The Bertz CT molecular complexity index is 574. The van der Waals surface area contributed by atoms with Crippen LogP contribution in [0.3, 0.4) is 0 Å². The molecule has 1 fully saturated rings. The zero-order valence-electron chi connectivity index (χ0n) is 10.4. The fourth-order valence-electron chi connectivity index (χ4n) is 2.19. The van der Waals surface area contributed by atoms with Crippen LogP contribution in [0, 0.1) is 17.6 Å². The van der Waals surface area contributed by atoms with Gasteiger partial charge < -0.3 is 5.11 Å². The van der Waals surface area contributed by atoms with Gasteiger partial charge in [0.1, 0.15) is 16.5 Å². The number of halogens is 2. The van der Waals surface area contributed by atoms with E-state index < -0.39 is 32.7 Å². The van der Waals surface area contributed by atoms with Crippen molar-refractivity contribution in [2.24, 2.45) is 5.92 Å². The smallest absolute Gasteiger partial charge is 0.245 e. The molecule has 1 aromatic rings. The Morgan fingerprint density at radius 3 is 2.63 bits per heavy atom. The molecule has 0 aliphatic carbocycles. The average Bonchev–Trinajstić information content (AvgIpc) is 2.78. The molecular weight excluding hydrogens is 276 g/mol. The summed E-state index contributed by atoms with van der Waals surface area (Å²) in [5, 5.41) is 9.45. The van der Waals surface area contributed by atoms with E-state index in [0.717, 1.165) is 16.4 Å². The standard InChI is InChI=1S/C12H15F2NO3S/c1-8(16)9-4-5-15(7-9)19(17,18)12-3-2-10(13)6-11(12)14/h2-3,6,8-9,16H,4-5,7H2,1H3. The number of nitrogens with zero attached hydrogens (tertiary/aromatic N) is 1. The third-order valence-corrected chi connectivity index (χ3v) is 5.28. The summed E-state index contributed by atoms with van der Waals surface area (Å²) in [7, 11) is -3.97. The molecule has 1 aliphatic heterocycles. The van der Waals surface area contributed by atoms with E-state index in [2.05, 4.69) is 0 Å². The van der Waals surface area contributed by atoms with Crippen molar-refractivity contribution in [2.45, 2.75) is 24.3 Å². The Kier molecular flexibility index (Phi) is 3.89. The first-order chi connectivity index (χ1) is 8.82. The third-order valence-electron chi connectivity index (χ3n) is 3.38. The highest BCUT2D eigenvalue weighted by Gasteiger charge is 2.35. The fraction of sp³-hybridized carbons (Fsp3) is 0.500. The number of hydrogen-bond donors (Lipinski definition) is 1. The number of sulfonamides is 1. The van der Waals surface area contributed by atoms with Gasteiger partial charge in [-0.3, -0.25) is 0 Å². The molecule has 1 saturated heterocycles. The Hall–Kier alpha value is -1.05. The van der Waals surface area contributed by atoms with Crippen LogP contribution in [0.5, 0.6) is 0 Å². The molecule has 0 bridgehead atoms. The number of hydrogen-bond acceptors (Lipinski definition) is 3. The monoisotopic (exact) mass is 291 g/mol. The average molecular weight is 291 g/mol. The highest BCUT2D eigenvalue weighted by Crippen LogP contribution is 2.27. The van der Waals surface area contributed by atoms with E-state index >= 15 is 0 Å². The summed E-state index contributed by atoms with van der Waals surface area (Å²) in [5.41, 5.74) is 0. The van der Waals surface area contributed by atoms with Gasteiger partial charge in [0, 0.05) is 19.2 Å². The molecule has 1 aromatic carbocycles. The molecule has 2 atom stereocenters. The predicted octanol–water partition coefficient (Wildman–Crippen LogP) is 1.36. The highest BCUT2D eigenvalue weighted by atomic mass is 32.2. The second-order valence-electron chi connectivity index (χ2n) is 4.73. The minimum Gasteiger partial charge on any atom is -0.393 e. The molecule has 0 spiro atoms. The van der Waals surface area contributed by atoms with Gasteiger partial charge in [-0.25, -0.2) is 17.2 Å².